The van der Waals surface area contributed by atoms with Crippen molar-refractivity contribution in [1.82, 2.24) is 10.2 Å². The van der Waals surface area contributed by atoms with E-state index >= 15 is 0 Å². The molecule has 1 atom stereocenters. The molecule has 1 saturated heterocycles. The lowest BCUT2D eigenvalue weighted by molar-refractivity contribution is 0.127. The SMILES string of the molecule is CC1(C)[C@H](O)CCN1c1ccn[nH]1. The van der Waals surface area contributed by atoms with Crippen LogP contribution in [0.4, 0.5) is 5.82 Å². The Morgan fingerprint density at radius 2 is 2.46 bits per heavy atom. The first-order chi connectivity index (χ1) is 6.12. The summed E-state index contributed by atoms with van der Waals surface area (Å²) in [4.78, 5) is 2.16. The molecule has 4 heteroatoms. The lowest BCUT2D eigenvalue weighted by Crippen LogP contribution is -2.45. The van der Waals surface area contributed by atoms with Gasteiger partial charge in [-0.2, -0.15) is 5.10 Å². The average Bonchev–Trinajstić information content (AvgIpc) is 2.62. The number of aromatic amines is 1. The summed E-state index contributed by atoms with van der Waals surface area (Å²) in [5.74, 6) is 0.988. The zero-order chi connectivity index (χ0) is 9.47. The molecule has 13 heavy (non-hydrogen) atoms. The predicted molar refractivity (Wildman–Crippen MR) is 50.6 cm³/mol. The molecular weight excluding hydrogens is 166 g/mol. The molecule has 0 aliphatic carbocycles. The fraction of sp³-hybridized carbons (Fsp3) is 0.667. The third-order valence-electron chi connectivity index (χ3n) is 2.91. The van der Waals surface area contributed by atoms with Gasteiger partial charge >= 0.3 is 0 Å². The maximum absolute atomic E-state index is 9.75. The van der Waals surface area contributed by atoms with Crippen molar-refractivity contribution in [2.45, 2.75) is 31.9 Å². The van der Waals surface area contributed by atoms with Gasteiger partial charge in [0.1, 0.15) is 5.82 Å². The van der Waals surface area contributed by atoms with Crippen molar-refractivity contribution >= 4 is 5.82 Å². The Bertz CT molecular complexity index is 281. The molecule has 0 spiro atoms. The second-order valence-electron chi connectivity index (χ2n) is 4.05. The summed E-state index contributed by atoms with van der Waals surface area (Å²) in [5, 5.41) is 16.6. The maximum atomic E-state index is 9.75. The van der Waals surface area contributed by atoms with Crippen LogP contribution in [0.2, 0.25) is 0 Å². The molecule has 1 aliphatic rings. The molecule has 1 aromatic rings. The lowest BCUT2D eigenvalue weighted by atomic mass is 9.99. The van der Waals surface area contributed by atoms with Gasteiger partial charge in [0.05, 0.1) is 17.8 Å². The van der Waals surface area contributed by atoms with Gasteiger partial charge in [0.15, 0.2) is 0 Å². The second-order valence-corrected chi connectivity index (χ2v) is 4.05. The van der Waals surface area contributed by atoms with Crippen LogP contribution >= 0.6 is 0 Å². The number of nitrogens with zero attached hydrogens (tertiary/aromatic N) is 2. The minimum atomic E-state index is -0.254. The van der Waals surface area contributed by atoms with Crippen molar-refractivity contribution in [3.63, 3.8) is 0 Å². The standard InChI is InChI=1S/C9H15N3O/c1-9(2)7(13)4-6-12(9)8-3-5-10-11-8/h3,5,7,13H,4,6H2,1-2H3,(H,10,11)/t7-/m1/s1. The van der Waals surface area contributed by atoms with E-state index in [9.17, 15) is 5.11 Å². The predicted octanol–water partition coefficient (Wildman–Crippen LogP) is 0.759. The lowest BCUT2D eigenvalue weighted by Gasteiger charge is -2.34. The summed E-state index contributed by atoms with van der Waals surface area (Å²) in [6.07, 6.45) is 2.30. The summed E-state index contributed by atoms with van der Waals surface area (Å²) in [7, 11) is 0. The molecule has 0 aromatic carbocycles. The van der Waals surface area contributed by atoms with E-state index in [1.54, 1.807) is 6.20 Å². The maximum Gasteiger partial charge on any atom is 0.124 e. The summed E-state index contributed by atoms with van der Waals surface area (Å²) < 4.78 is 0. The molecule has 2 rings (SSSR count). The number of aromatic nitrogens is 2. The topological polar surface area (TPSA) is 52.1 Å². The first-order valence-electron chi connectivity index (χ1n) is 4.57. The zero-order valence-electron chi connectivity index (χ0n) is 7.99. The highest BCUT2D eigenvalue weighted by Gasteiger charge is 2.40. The van der Waals surface area contributed by atoms with E-state index in [0.717, 1.165) is 18.8 Å². The third kappa shape index (κ3) is 1.21. The Morgan fingerprint density at radius 3 is 2.92 bits per heavy atom. The molecule has 2 heterocycles. The summed E-state index contributed by atoms with van der Waals surface area (Å²) >= 11 is 0. The zero-order valence-corrected chi connectivity index (χ0v) is 7.99. The molecule has 1 fully saturated rings. The molecule has 2 N–H and O–H groups in total. The molecule has 0 unspecified atom stereocenters. The fourth-order valence-electron chi connectivity index (χ4n) is 1.90. The van der Waals surface area contributed by atoms with Crippen LogP contribution in [-0.2, 0) is 0 Å². The Kier molecular flexibility index (Phi) is 1.80. The van der Waals surface area contributed by atoms with Gasteiger partial charge in [-0.3, -0.25) is 5.10 Å². The van der Waals surface area contributed by atoms with Crippen molar-refractivity contribution in [3.8, 4) is 0 Å². The van der Waals surface area contributed by atoms with Crippen molar-refractivity contribution < 1.29 is 5.11 Å². The molecule has 0 amide bonds. The van der Waals surface area contributed by atoms with E-state index in [4.69, 9.17) is 0 Å². The van der Waals surface area contributed by atoms with Crippen molar-refractivity contribution in [2.24, 2.45) is 0 Å². The molecule has 4 nitrogen and oxygen atoms in total. The van der Waals surface area contributed by atoms with E-state index in [1.807, 2.05) is 19.9 Å². The van der Waals surface area contributed by atoms with E-state index in [1.165, 1.54) is 0 Å². The van der Waals surface area contributed by atoms with E-state index in [-0.39, 0.29) is 11.6 Å². The van der Waals surface area contributed by atoms with Gasteiger partial charge in [-0.25, -0.2) is 0 Å². The summed E-state index contributed by atoms with van der Waals surface area (Å²) in [6.45, 7) is 4.98. The van der Waals surface area contributed by atoms with E-state index in [0.29, 0.717) is 0 Å². The molecule has 1 aliphatic heterocycles. The number of aliphatic hydroxyl groups excluding tert-OH is 1. The van der Waals surface area contributed by atoms with Crippen molar-refractivity contribution in [2.75, 3.05) is 11.4 Å². The highest BCUT2D eigenvalue weighted by molar-refractivity contribution is 5.42. The van der Waals surface area contributed by atoms with Crippen LogP contribution in [0.25, 0.3) is 0 Å². The van der Waals surface area contributed by atoms with Crippen LogP contribution in [0.3, 0.4) is 0 Å². The van der Waals surface area contributed by atoms with Crippen LogP contribution in [0.5, 0.6) is 0 Å². The number of anilines is 1. The fourth-order valence-corrected chi connectivity index (χ4v) is 1.90. The van der Waals surface area contributed by atoms with E-state index < -0.39 is 0 Å². The summed E-state index contributed by atoms with van der Waals surface area (Å²) in [6, 6.07) is 1.93. The van der Waals surface area contributed by atoms with Gasteiger partial charge in [0.2, 0.25) is 0 Å². The highest BCUT2D eigenvalue weighted by Crippen LogP contribution is 2.32. The van der Waals surface area contributed by atoms with Gasteiger partial charge < -0.3 is 10.0 Å². The van der Waals surface area contributed by atoms with Crippen LogP contribution in [0, 0.1) is 0 Å². The quantitative estimate of drug-likeness (QED) is 0.672. The Balaban J connectivity index is 2.27. The van der Waals surface area contributed by atoms with Gasteiger partial charge in [-0.1, -0.05) is 0 Å². The molecular formula is C9H15N3O. The Labute approximate surface area is 77.6 Å². The number of rotatable bonds is 1. The van der Waals surface area contributed by atoms with Gasteiger partial charge in [-0.05, 0) is 20.3 Å². The first kappa shape index (κ1) is 8.56. The van der Waals surface area contributed by atoms with Gasteiger partial charge in [0.25, 0.3) is 0 Å². The molecule has 0 bridgehead atoms. The van der Waals surface area contributed by atoms with Crippen molar-refractivity contribution in [1.29, 1.82) is 0 Å². The Morgan fingerprint density at radius 1 is 1.69 bits per heavy atom. The largest absolute Gasteiger partial charge is 0.391 e. The minimum absolute atomic E-state index is 0.188. The van der Waals surface area contributed by atoms with Crippen LogP contribution < -0.4 is 4.90 Å². The van der Waals surface area contributed by atoms with Crippen LogP contribution in [0.15, 0.2) is 12.3 Å². The average molecular weight is 181 g/mol. The van der Waals surface area contributed by atoms with Gasteiger partial charge in [-0.15, -0.1) is 0 Å². The highest BCUT2D eigenvalue weighted by atomic mass is 16.3. The van der Waals surface area contributed by atoms with Crippen LogP contribution in [-0.4, -0.2) is 33.5 Å². The second kappa shape index (κ2) is 2.73. The van der Waals surface area contributed by atoms with Crippen molar-refractivity contribution in [3.05, 3.63) is 12.3 Å². The normalized spacial score (nSPS) is 26.7. The van der Waals surface area contributed by atoms with Crippen LogP contribution in [0.1, 0.15) is 20.3 Å². The third-order valence-corrected chi connectivity index (χ3v) is 2.91. The van der Waals surface area contributed by atoms with Gasteiger partial charge in [0, 0.05) is 12.6 Å². The van der Waals surface area contributed by atoms with E-state index in [2.05, 4.69) is 15.1 Å². The molecule has 1 aromatic heterocycles. The number of hydrogen-bond donors (Lipinski definition) is 2. The summed E-state index contributed by atoms with van der Waals surface area (Å²) in [5.41, 5.74) is -0.188. The number of H-pyrrole nitrogens is 1. The minimum Gasteiger partial charge on any atom is -0.391 e. The number of aliphatic hydroxyl groups is 1. The Hall–Kier alpha value is -1.03. The molecule has 0 saturated carbocycles. The smallest absolute Gasteiger partial charge is 0.124 e. The molecule has 0 radical (unpaired) electrons. The monoisotopic (exact) mass is 181 g/mol. The number of nitrogens with one attached hydrogen (secondary N) is 1. The first-order valence-corrected chi connectivity index (χ1v) is 4.57. The number of hydrogen-bond acceptors (Lipinski definition) is 3. The molecule has 72 valence electrons.